The molecule has 0 saturated carbocycles. The molecule has 158 valence electrons. The highest BCUT2D eigenvalue weighted by Crippen LogP contribution is 2.34. The van der Waals surface area contributed by atoms with Crippen molar-refractivity contribution >= 4 is 0 Å². The van der Waals surface area contributed by atoms with E-state index in [0.29, 0.717) is 24.7 Å². The molecular formula is C24H28N2O4. The van der Waals surface area contributed by atoms with Crippen LogP contribution in [0.3, 0.4) is 0 Å². The molecule has 1 N–H and O–H groups in total. The van der Waals surface area contributed by atoms with Crippen LogP contribution in [-0.2, 0) is 18.8 Å². The van der Waals surface area contributed by atoms with Crippen molar-refractivity contribution in [1.82, 2.24) is 10.1 Å². The number of aryl methyl sites for hydroxylation is 2. The second-order valence-corrected chi connectivity index (χ2v) is 7.93. The second-order valence-electron chi connectivity index (χ2n) is 7.93. The normalized spacial score (nSPS) is 19.2. The van der Waals surface area contributed by atoms with Crippen molar-refractivity contribution in [2.75, 3.05) is 20.2 Å². The average Bonchev–Trinajstić information content (AvgIpc) is 3.30. The lowest BCUT2D eigenvalue weighted by molar-refractivity contribution is 0.0453. The Bertz CT molecular complexity index is 982. The monoisotopic (exact) mass is 408 g/mol. The van der Waals surface area contributed by atoms with Gasteiger partial charge in [0.1, 0.15) is 18.0 Å². The molecule has 0 bridgehead atoms. The van der Waals surface area contributed by atoms with Crippen molar-refractivity contribution < 1.29 is 19.1 Å². The molecule has 2 aromatic carbocycles. The Morgan fingerprint density at radius 1 is 1.13 bits per heavy atom. The molecule has 1 fully saturated rings. The molecule has 0 spiro atoms. The van der Waals surface area contributed by atoms with Crippen molar-refractivity contribution in [1.29, 1.82) is 0 Å². The van der Waals surface area contributed by atoms with Crippen LogP contribution in [-0.4, -0.2) is 35.4 Å². The molecule has 30 heavy (non-hydrogen) atoms. The Labute approximate surface area is 177 Å². The van der Waals surface area contributed by atoms with Crippen LogP contribution in [0.5, 0.6) is 11.5 Å². The zero-order valence-electron chi connectivity index (χ0n) is 17.7. The van der Waals surface area contributed by atoms with Crippen molar-refractivity contribution in [2.45, 2.75) is 39.0 Å². The van der Waals surface area contributed by atoms with Crippen LogP contribution in [0.4, 0.5) is 0 Å². The van der Waals surface area contributed by atoms with Gasteiger partial charge in [-0.15, -0.1) is 0 Å². The summed E-state index contributed by atoms with van der Waals surface area (Å²) in [6, 6.07) is 15.9. The predicted molar refractivity (Wildman–Crippen MR) is 114 cm³/mol. The Hall–Kier alpha value is -2.83. The highest BCUT2D eigenvalue weighted by Gasteiger charge is 2.37. The summed E-state index contributed by atoms with van der Waals surface area (Å²) >= 11 is 0. The van der Waals surface area contributed by atoms with E-state index in [1.54, 1.807) is 7.11 Å². The SMILES string of the molecule is COc1cc(CN2CC[C@](O)(c3ccccc3)C2)ccc1OCc1c(C)noc1C. The van der Waals surface area contributed by atoms with Crippen LogP contribution in [0.1, 0.15) is 34.6 Å². The van der Waals surface area contributed by atoms with Gasteiger partial charge in [-0.05, 0) is 43.5 Å². The van der Waals surface area contributed by atoms with Gasteiger partial charge in [0, 0.05) is 19.6 Å². The largest absolute Gasteiger partial charge is 0.493 e. The van der Waals surface area contributed by atoms with Gasteiger partial charge < -0.3 is 19.1 Å². The molecule has 6 nitrogen and oxygen atoms in total. The van der Waals surface area contributed by atoms with Crippen LogP contribution in [0.2, 0.25) is 0 Å². The van der Waals surface area contributed by atoms with Crippen LogP contribution in [0.25, 0.3) is 0 Å². The van der Waals surface area contributed by atoms with E-state index in [2.05, 4.69) is 10.1 Å². The standard InChI is InChI=1S/C24H28N2O4/c1-17-21(18(2)30-25-17)15-29-22-10-9-19(13-23(22)28-3)14-26-12-11-24(27,16-26)20-7-5-4-6-8-20/h4-10,13,27H,11-12,14-16H2,1-3H3/t24-/m1/s1. The number of methoxy groups -OCH3 is 1. The number of ether oxygens (including phenoxy) is 2. The second kappa shape index (κ2) is 8.50. The minimum Gasteiger partial charge on any atom is -0.493 e. The summed E-state index contributed by atoms with van der Waals surface area (Å²) in [5.41, 5.74) is 3.10. The first-order valence-corrected chi connectivity index (χ1v) is 10.2. The average molecular weight is 408 g/mol. The molecule has 1 saturated heterocycles. The quantitative estimate of drug-likeness (QED) is 0.638. The molecule has 0 amide bonds. The van der Waals surface area contributed by atoms with Gasteiger partial charge in [-0.3, -0.25) is 4.90 Å². The number of aliphatic hydroxyl groups is 1. The maximum absolute atomic E-state index is 11.1. The molecule has 0 unspecified atom stereocenters. The minimum absolute atomic E-state index is 0.382. The first kappa shape index (κ1) is 20.4. The van der Waals surface area contributed by atoms with Crippen molar-refractivity contribution in [3.05, 3.63) is 76.7 Å². The Kier molecular flexibility index (Phi) is 5.79. The van der Waals surface area contributed by atoms with Gasteiger partial charge >= 0.3 is 0 Å². The molecule has 1 aliphatic heterocycles. The van der Waals surface area contributed by atoms with E-state index in [4.69, 9.17) is 14.0 Å². The first-order chi connectivity index (χ1) is 14.5. The summed E-state index contributed by atoms with van der Waals surface area (Å²) in [5, 5.41) is 15.0. The third kappa shape index (κ3) is 4.20. The number of hydrogen-bond donors (Lipinski definition) is 1. The molecule has 0 aliphatic carbocycles. The summed E-state index contributed by atoms with van der Waals surface area (Å²) in [6.45, 7) is 6.37. The summed E-state index contributed by atoms with van der Waals surface area (Å²) in [5.74, 6) is 2.14. The fourth-order valence-corrected chi connectivity index (χ4v) is 4.04. The molecule has 4 rings (SSSR count). The van der Waals surface area contributed by atoms with Gasteiger partial charge in [0.05, 0.1) is 18.4 Å². The van der Waals surface area contributed by atoms with Gasteiger partial charge in [0.25, 0.3) is 0 Å². The van der Waals surface area contributed by atoms with E-state index in [1.165, 1.54) is 0 Å². The Morgan fingerprint density at radius 2 is 1.93 bits per heavy atom. The van der Waals surface area contributed by atoms with Crippen molar-refractivity contribution in [3.8, 4) is 11.5 Å². The van der Waals surface area contributed by atoms with Crippen LogP contribution in [0, 0.1) is 13.8 Å². The number of hydrogen-bond acceptors (Lipinski definition) is 6. The number of benzene rings is 2. The summed E-state index contributed by atoms with van der Waals surface area (Å²) < 4.78 is 16.7. The maximum Gasteiger partial charge on any atom is 0.161 e. The van der Waals surface area contributed by atoms with Gasteiger partial charge in [-0.25, -0.2) is 0 Å². The molecule has 3 aromatic rings. The number of nitrogens with zero attached hydrogens (tertiary/aromatic N) is 2. The number of rotatable bonds is 7. The van der Waals surface area contributed by atoms with Crippen molar-refractivity contribution in [3.63, 3.8) is 0 Å². The summed E-state index contributed by atoms with van der Waals surface area (Å²) in [6.07, 6.45) is 0.729. The Morgan fingerprint density at radius 3 is 2.63 bits per heavy atom. The topological polar surface area (TPSA) is 68.0 Å². The number of β-amino-alcohol motifs (C(OH)–C–C–N with tert-alkyl or cyclic N) is 1. The fourth-order valence-electron chi connectivity index (χ4n) is 4.04. The third-order valence-corrected chi connectivity index (χ3v) is 5.83. The van der Waals surface area contributed by atoms with E-state index < -0.39 is 5.60 Å². The molecule has 6 heteroatoms. The van der Waals surface area contributed by atoms with Gasteiger partial charge in [0.2, 0.25) is 0 Å². The van der Waals surface area contributed by atoms with E-state index in [9.17, 15) is 5.11 Å². The third-order valence-electron chi connectivity index (χ3n) is 5.83. The lowest BCUT2D eigenvalue weighted by Gasteiger charge is -2.24. The smallest absolute Gasteiger partial charge is 0.161 e. The fraction of sp³-hybridized carbons (Fsp3) is 0.375. The Balaban J connectivity index is 1.42. The van der Waals surface area contributed by atoms with E-state index >= 15 is 0 Å². The lowest BCUT2D eigenvalue weighted by Crippen LogP contribution is -2.30. The minimum atomic E-state index is -0.789. The molecule has 2 heterocycles. The van der Waals surface area contributed by atoms with E-state index in [1.807, 2.05) is 62.4 Å². The highest BCUT2D eigenvalue weighted by molar-refractivity contribution is 5.43. The molecule has 1 aromatic heterocycles. The molecular weight excluding hydrogens is 380 g/mol. The van der Waals surface area contributed by atoms with E-state index in [-0.39, 0.29) is 0 Å². The van der Waals surface area contributed by atoms with Gasteiger partial charge in [0.15, 0.2) is 11.5 Å². The zero-order valence-corrected chi connectivity index (χ0v) is 17.7. The van der Waals surface area contributed by atoms with Crippen LogP contribution < -0.4 is 9.47 Å². The number of aromatic nitrogens is 1. The maximum atomic E-state index is 11.1. The highest BCUT2D eigenvalue weighted by atomic mass is 16.5. The number of likely N-dealkylation sites (tertiary alicyclic amines) is 1. The van der Waals surface area contributed by atoms with Gasteiger partial charge in [-0.2, -0.15) is 0 Å². The van der Waals surface area contributed by atoms with Gasteiger partial charge in [-0.1, -0.05) is 41.6 Å². The van der Waals surface area contributed by atoms with E-state index in [0.717, 1.165) is 47.7 Å². The predicted octanol–water partition coefficient (Wildman–Crippen LogP) is 3.97. The van der Waals surface area contributed by atoms with Crippen molar-refractivity contribution in [2.24, 2.45) is 0 Å². The molecule has 1 atom stereocenters. The van der Waals surface area contributed by atoms with Crippen LogP contribution >= 0.6 is 0 Å². The molecule has 0 radical (unpaired) electrons. The van der Waals surface area contributed by atoms with Crippen LogP contribution in [0.15, 0.2) is 53.1 Å². The summed E-state index contributed by atoms with van der Waals surface area (Å²) in [7, 11) is 1.64. The lowest BCUT2D eigenvalue weighted by atomic mass is 9.93. The summed E-state index contributed by atoms with van der Waals surface area (Å²) in [4.78, 5) is 2.27. The first-order valence-electron chi connectivity index (χ1n) is 10.2. The zero-order chi connectivity index (χ0) is 21.1. The molecule has 1 aliphatic rings.